The van der Waals surface area contributed by atoms with Crippen LogP contribution in [0.15, 0.2) is 107 Å². The normalized spacial score (nSPS) is 21.7. The van der Waals surface area contributed by atoms with Gasteiger partial charge in [0.1, 0.15) is 18.7 Å². The molecule has 6 aliphatic carbocycles. The number of likely N-dealkylation sites (tertiary alicyclic amines) is 6. The number of carbonyl (C=O) groups excluding carboxylic acids is 6. The summed E-state index contributed by atoms with van der Waals surface area (Å²) >= 11 is 0. The number of aliphatic hydroxyl groups is 3. The topological polar surface area (TPSA) is 336 Å². The number of ketones is 6. The van der Waals surface area contributed by atoms with E-state index in [0.717, 1.165) is 218 Å². The summed E-state index contributed by atoms with van der Waals surface area (Å²) in [7, 11) is 6.92. The average molecular weight is 1940 g/mol. The van der Waals surface area contributed by atoms with Crippen LogP contribution in [0.2, 0.25) is 0 Å². The molecule has 143 heavy (non-hydrogen) atoms. The van der Waals surface area contributed by atoms with Gasteiger partial charge in [-0.25, -0.2) is 5.21 Å². The predicted molar refractivity (Wildman–Crippen MR) is 543 cm³/mol. The van der Waals surface area contributed by atoms with Gasteiger partial charge in [0.15, 0.2) is 40.4 Å². The molecule has 6 aromatic rings. The molecule has 6 saturated heterocycles. The Hall–Kier alpha value is -13.0. The Labute approximate surface area is 841 Å². The number of Topliss-reactive ketones (excluding diaryl/α,β-unsaturated/α-hetero) is 6. The third-order valence-corrected chi connectivity index (χ3v) is 30.8. The van der Waals surface area contributed by atoms with Crippen LogP contribution in [0.5, 0.6) is 0 Å². The highest BCUT2D eigenvalue weighted by Gasteiger charge is 2.49. The van der Waals surface area contributed by atoms with Crippen LogP contribution in [0, 0.1) is 87.9 Å². The fourth-order valence-corrected chi connectivity index (χ4v) is 20.7. The summed E-state index contributed by atoms with van der Waals surface area (Å²) in [6.45, 7) is 30.2. The summed E-state index contributed by atoms with van der Waals surface area (Å²) in [5, 5.41) is 61.1. The molecule has 0 atom stereocenters. The molecule has 0 radical (unpaired) electrons. The molecular formula is C115H137N12O16+3. The second kappa shape index (κ2) is 44.4. The van der Waals surface area contributed by atoms with E-state index in [1.807, 2.05) is 78.8 Å². The number of nitrogens with zero attached hydrogens (tertiary/aromatic N) is 12. The van der Waals surface area contributed by atoms with Crippen molar-refractivity contribution in [1.82, 2.24) is 44.4 Å². The van der Waals surface area contributed by atoms with Gasteiger partial charge in [-0.3, -0.25) is 59.1 Å². The lowest BCUT2D eigenvalue weighted by atomic mass is 9.85. The molecule has 12 heterocycles. The smallest absolute Gasteiger partial charge is 0.234 e. The molecule has 6 fully saturated rings. The first-order valence-corrected chi connectivity index (χ1v) is 49.5. The first kappa shape index (κ1) is 107. The molecule has 28 nitrogen and oxygen atoms in total. The van der Waals surface area contributed by atoms with Crippen LogP contribution in [0.25, 0.3) is 34.2 Å². The maximum Gasteiger partial charge on any atom is 0.234 e. The number of allylic oxidation sites excluding steroid dienone is 6. The van der Waals surface area contributed by atoms with Gasteiger partial charge in [-0.15, -0.1) is 43.2 Å². The monoisotopic (exact) mass is 1940 g/mol. The number of pyridine rings is 6. The van der Waals surface area contributed by atoms with Gasteiger partial charge in [-0.1, -0.05) is 56.3 Å². The molecule has 6 aliphatic heterocycles. The molecule has 0 bridgehead atoms. The Morgan fingerprint density at radius 3 is 0.965 bits per heavy atom. The Kier molecular flexibility index (Phi) is 33.3. The third kappa shape index (κ3) is 23.3. The largest absolute Gasteiger partial charge is 0.390 e. The number of methoxy groups -OCH3 is 4. The number of terminal acetylenes is 6. The predicted octanol–water partition coefficient (Wildman–Crippen LogP) is 11.0. The maximum absolute atomic E-state index is 12.5. The summed E-state index contributed by atoms with van der Waals surface area (Å²) < 4.78 is 24.3. The molecule has 0 saturated carbocycles. The fraction of sp³-hybridized carbons (Fsp3) is 0.478. The van der Waals surface area contributed by atoms with Crippen molar-refractivity contribution in [2.45, 2.75) is 251 Å². The molecule has 18 rings (SSSR count). The van der Waals surface area contributed by atoms with Gasteiger partial charge in [0.2, 0.25) is 23.8 Å². The number of aliphatic hydroxyl groups excluding tert-OH is 1. The van der Waals surface area contributed by atoms with Crippen molar-refractivity contribution in [1.29, 1.82) is 0 Å². The minimum Gasteiger partial charge on any atom is -0.390 e. The lowest BCUT2D eigenvalue weighted by Crippen LogP contribution is -2.54. The Balaban J connectivity index is 0.000000144. The molecule has 28 heteroatoms. The van der Waals surface area contributed by atoms with Gasteiger partial charge in [0.05, 0.1) is 102 Å². The SMILES string of the molecule is C#CC1=C(N2CCC(C)(O)CC2)c2cc(C)ncc2CC1=O.C#CC1=C(N2CCC(C)(O)CC2)c2cc(CC)ncc2CC1=O.C#CC1=C(N2CCC(C)(OC)CC2)c2cc(C)[n+](O)cc2CC1=O.C#CC1=C(N2CCC(C)(OC)CC2)c2cc(CC)[n+](O)cc2CC1=O.C#CC1=C(N2CCC(C)(OC)CC2)c2cc(CO)ncc2CC1=O.C#CC1=C([N+]2(O)CCC(C)(OC)CC2)c2cc(CC)ncc2CC1=O. The van der Waals surface area contributed by atoms with Gasteiger partial charge >= 0.3 is 0 Å². The maximum atomic E-state index is 12.5. The van der Waals surface area contributed by atoms with Crippen LogP contribution < -0.4 is 9.46 Å². The Morgan fingerprint density at radius 2 is 0.636 bits per heavy atom. The second-order valence-electron chi connectivity index (χ2n) is 40.7. The number of rotatable bonds is 14. The number of hydroxylamine groups is 3. The van der Waals surface area contributed by atoms with E-state index in [9.17, 15) is 59.7 Å². The molecular weight excluding hydrogens is 1810 g/mol. The lowest BCUT2D eigenvalue weighted by molar-refractivity contribution is -1.05. The molecule has 0 aromatic carbocycles. The van der Waals surface area contributed by atoms with E-state index in [-0.39, 0.29) is 94.0 Å². The van der Waals surface area contributed by atoms with Crippen LogP contribution in [-0.2, 0) is 112 Å². The van der Waals surface area contributed by atoms with E-state index < -0.39 is 11.2 Å². The van der Waals surface area contributed by atoms with Crippen LogP contribution in [-0.4, -0.2) is 255 Å². The van der Waals surface area contributed by atoms with Crippen molar-refractivity contribution in [3.05, 3.63) is 208 Å². The van der Waals surface area contributed by atoms with Crippen molar-refractivity contribution in [2.75, 3.05) is 107 Å². The quantitative estimate of drug-likeness (QED) is 0.0255. The fourth-order valence-electron chi connectivity index (χ4n) is 20.7. The molecule has 0 amide bonds. The minimum atomic E-state index is -0.637. The van der Waals surface area contributed by atoms with Gasteiger partial charge in [-0.05, 0) is 172 Å². The molecule has 6 aromatic heterocycles. The van der Waals surface area contributed by atoms with Gasteiger partial charge in [-0.2, -0.15) is 0 Å². The van der Waals surface area contributed by atoms with Crippen molar-refractivity contribution in [2.24, 2.45) is 0 Å². The number of fused-ring (bicyclic) bond motifs is 6. The first-order valence-electron chi connectivity index (χ1n) is 49.5. The van der Waals surface area contributed by atoms with Gasteiger partial charge < -0.3 is 58.8 Å². The number of aryl methyl sites for hydroxylation is 5. The summed E-state index contributed by atoms with van der Waals surface area (Å²) in [6, 6.07) is 11.7. The van der Waals surface area contributed by atoms with Crippen molar-refractivity contribution in [3.8, 4) is 74.1 Å². The van der Waals surface area contributed by atoms with Crippen LogP contribution in [0.4, 0.5) is 0 Å². The molecule has 0 spiro atoms. The van der Waals surface area contributed by atoms with E-state index in [2.05, 4.69) is 114 Å². The van der Waals surface area contributed by atoms with Crippen LogP contribution >= 0.6 is 0 Å². The summed E-state index contributed by atoms with van der Waals surface area (Å²) in [6.07, 6.45) is 57.4. The zero-order valence-electron chi connectivity index (χ0n) is 85.6. The van der Waals surface area contributed by atoms with E-state index in [1.54, 1.807) is 65.6 Å². The zero-order valence-corrected chi connectivity index (χ0v) is 85.6. The number of ether oxygens (including phenoxy) is 4. The van der Waals surface area contributed by atoms with E-state index in [0.29, 0.717) is 148 Å². The molecule has 750 valence electrons. The Bertz CT molecular complexity index is 6480. The summed E-state index contributed by atoms with van der Waals surface area (Å²) in [5.74, 6) is 15.2. The van der Waals surface area contributed by atoms with Crippen molar-refractivity contribution < 1.29 is 92.8 Å². The van der Waals surface area contributed by atoms with Gasteiger partial charge in [0.25, 0.3) is 0 Å². The summed E-state index contributed by atoms with van der Waals surface area (Å²) in [5.41, 5.74) is 21.2. The first-order chi connectivity index (χ1) is 68.0. The van der Waals surface area contributed by atoms with E-state index in [4.69, 9.17) is 57.5 Å². The number of quaternary nitrogens is 1. The van der Waals surface area contributed by atoms with E-state index in [1.165, 1.54) is 0 Å². The highest BCUT2D eigenvalue weighted by atomic mass is 16.6. The number of carbonyl (C=O) groups is 6. The lowest BCUT2D eigenvalue weighted by Gasteiger charge is -2.43. The molecule has 6 N–H and O–H groups in total. The van der Waals surface area contributed by atoms with Crippen LogP contribution in [0.1, 0.15) is 240 Å². The zero-order chi connectivity index (χ0) is 104. The molecule has 0 unspecified atom stereocenters. The molecule has 12 aliphatic rings. The number of piperidine rings is 6. The standard InChI is InChI=1S/2C20H25N2O3.C19H23N2O3.C19H22N2O3.C19H22N2O2.C18H20N2O2/c1-5-15-12-17-14(13-21-15)11-18(23)16(6-2)19(17)22(24)9-7-20(3,25-4)8-10-22;1-5-15-12-17-14(13-22(15)24)11-18(23)16(6-2)19(17)21-9-7-20(3,25-4)8-10-21;1-5-15-17(22)11-14-12-21(23)13(2)10-16(14)18(15)20-8-6-19(3,24-4)7-9-20;1-4-15-17(23)9-13-11-20-14(12-22)10-16(13)18(15)21-7-5-19(2,24-3)6-8-21;1-4-14-11-16-13(12-20-14)10-17(22)15(5-2)18(16)21-8-6-19(3,23)7-9-21;1-4-14-16(21)10-13-11-19-12(2)9-15(13)17(14)20-7-5-18(3,22)6-8-20/h2*2,12-13,24H,5,7-11H2,1,3-4H3;1,10,12,23H,6-9,11H2,2-4H3;1,10-11,22H,5-9,12H2,2-3H3;2,11-12,23H,4,6-10H2,1,3H3;1,9,11,22H,5-8,10H2,2-3H3/q3*+1;;;. The average Bonchev–Trinajstić information content (AvgIpc) is 0.731. The number of hydrogen-bond donors (Lipinski definition) is 6. The summed E-state index contributed by atoms with van der Waals surface area (Å²) in [4.78, 5) is 103. The highest BCUT2D eigenvalue weighted by Crippen LogP contribution is 2.46. The highest BCUT2D eigenvalue weighted by molar-refractivity contribution is 6.14. The van der Waals surface area contributed by atoms with Gasteiger partial charge in [0, 0.05) is 267 Å². The third-order valence-electron chi connectivity index (χ3n) is 30.8. The van der Waals surface area contributed by atoms with Crippen molar-refractivity contribution >= 4 is 68.9 Å². The Morgan fingerprint density at radius 1 is 0.364 bits per heavy atom. The van der Waals surface area contributed by atoms with Crippen molar-refractivity contribution in [3.63, 3.8) is 0 Å². The number of aromatic nitrogens is 6. The van der Waals surface area contributed by atoms with E-state index >= 15 is 0 Å². The minimum absolute atomic E-state index is 0.0154. The van der Waals surface area contributed by atoms with Crippen LogP contribution in [0.3, 0.4) is 0 Å². The number of hydrogen-bond acceptors (Lipinski definition) is 25. The second-order valence-corrected chi connectivity index (χ2v) is 40.7.